The van der Waals surface area contributed by atoms with E-state index < -0.39 is 15.5 Å². The average Bonchev–Trinajstić information content (AvgIpc) is 2.57. The number of nitrogens with zero attached hydrogens (tertiary/aromatic N) is 1. The Morgan fingerprint density at radius 2 is 1.84 bits per heavy atom. The molecule has 1 heterocycles. The molecule has 7 heteroatoms. The third-order valence-corrected chi connectivity index (χ3v) is 7.31. The highest BCUT2D eigenvalue weighted by molar-refractivity contribution is 7.93. The number of aliphatic hydroxyl groups is 1. The second-order valence-electron chi connectivity index (χ2n) is 6.40. The van der Waals surface area contributed by atoms with Crippen LogP contribution in [0, 0.1) is 0 Å². The Hall–Kier alpha value is -1.66. The number of halogens is 1. The van der Waals surface area contributed by atoms with Gasteiger partial charge in [-0.1, -0.05) is 24.1 Å². The minimum atomic E-state index is -2.35. The first-order valence-corrected chi connectivity index (χ1v) is 10.7. The lowest BCUT2D eigenvalue weighted by molar-refractivity contribution is -0.116. The fraction of sp³-hybridized carbons (Fsp3) is 0.444. The van der Waals surface area contributed by atoms with E-state index in [0.717, 1.165) is 19.3 Å². The summed E-state index contributed by atoms with van der Waals surface area (Å²) in [5, 5.41) is 10.0. The van der Waals surface area contributed by atoms with Gasteiger partial charge < -0.3 is 5.11 Å². The first-order valence-electron chi connectivity index (χ1n) is 8.42. The number of benzene rings is 1. The van der Waals surface area contributed by atoms with Gasteiger partial charge in [0.25, 0.3) is 0 Å². The maximum absolute atomic E-state index is 12.8. The van der Waals surface area contributed by atoms with Crippen LogP contribution in [0.25, 0.3) is 0 Å². The lowest BCUT2D eigenvalue weighted by atomic mass is 9.90. The number of Topliss-reactive ketones (excluding diaryl/α,β-unsaturated/α-hetero) is 2. The summed E-state index contributed by atoms with van der Waals surface area (Å²) in [7, 11) is -2.35. The molecule has 1 aromatic carbocycles. The van der Waals surface area contributed by atoms with Crippen LogP contribution in [0.15, 0.2) is 33.9 Å². The minimum absolute atomic E-state index is 0.0828. The van der Waals surface area contributed by atoms with Gasteiger partial charge in [-0.25, -0.2) is 4.21 Å². The van der Waals surface area contributed by atoms with Crippen LogP contribution >= 0.6 is 11.6 Å². The molecular formula is C18H20ClNO4S. The molecule has 1 saturated heterocycles. The van der Waals surface area contributed by atoms with Gasteiger partial charge in [-0.15, -0.1) is 0 Å². The Morgan fingerprint density at radius 3 is 2.52 bits per heavy atom. The van der Waals surface area contributed by atoms with E-state index in [4.69, 9.17) is 11.6 Å². The molecule has 0 atom stereocenters. The fourth-order valence-electron chi connectivity index (χ4n) is 3.19. The predicted octanol–water partition coefficient (Wildman–Crippen LogP) is 4.37. The van der Waals surface area contributed by atoms with E-state index in [1.54, 1.807) is 12.1 Å². The van der Waals surface area contributed by atoms with Gasteiger partial charge in [0, 0.05) is 29.9 Å². The predicted molar refractivity (Wildman–Crippen MR) is 98.1 cm³/mol. The molecule has 1 aliphatic heterocycles. The van der Waals surface area contributed by atoms with Crippen molar-refractivity contribution in [3.63, 3.8) is 0 Å². The smallest absolute Gasteiger partial charge is 0.201 e. The minimum Gasteiger partial charge on any atom is -0.511 e. The number of rotatable bonds is 3. The second-order valence-corrected chi connectivity index (χ2v) is 9.32. The molecule has 1 aliphatic carbocycles. The van der Waals surface area contributed by atoms with Crippen molar-refractivity contribution in [3.8, 4) is 0 Å². The monoisotopic (exact) mass is 381 g/mol. The summed E-state index contributed by atoms with van der Waals surface area (Å²) in [6, 6.07) is 4.73. The summed E-state index contributed by atoms with van der Waals surface area (Å²) >= 11 is 6.34. The molecule has 0 amide bonds. The summed E-state index contributed by atoms with van der Waals surface area (Å²) in [4.78, 5) is 24.8. The van der Waals surface area contributed by atoms with Crippen molar-refractivity contribution in [2.75, 3.05) is 11.5 Å². The van der Waals surface area contributed by atoms with Crippen LogP contribution in [-0.4, -0.2) is 32.4 Å². The molecule has 0 unspecified atom stereocenters. The standard InChI is InChI=1S/C18H20ClNO4S/c19-17-12(18(23)16-14(21)8-5-9-15(16)22)6-4-7-13(17)20-25(24)10-2-1-3-11-25/h4,6-7,21H,1-3,5,8-11H2. The third kappa shape index (κ3) is 3.80. The van der Waals surface area contributed by atoms with Gasteiger partial charge in [0.15, 0.2) is 5.78 Å². The SMILES string of the molecule is O=C1CCCC(O)=C1C(=O)c1cccc(N=S2(=O)CCCCC2)c1Cl. The van der Waals surface area contributed by atoms with Crippen molar-refractivity contribution in [3.05, 3.63) is 40.1 Å². The summed E-state index contributed by atoms with van der Waals surface area (Å²) in [6.07, 6.45) is 3.87. The Balaban J connectivity index is 2.02. The molecule has 5 nitrogen and oxygen atoms in total. The summed E-state index contributed by atoms with van der Waals surface area (Å²) in [5.74, 6) is -0.0798. The zero-order valence-corrected chi connectivity index (χ0v) is 15.4. The van der Waals surface area contributed by atoms with Gasteiger partial charge in [0.1, 0.15) is 11.3 Å². The Labute approximate surface area is 152 Å². The quantitative estimate of drug-likeness (QED) is 0.622. The molecule has 0 radical (unpaired) electrons. The Morgan fingerprint density at radius 1 is 1.12 bits per heavy atom. The molecule has 0 aromatic heterocycles. The Bertz CT molecular complexity index is 869. The van der Waals surface area contributed by atoms with Crippen LogP contribution in [0.4, 0.5) is 5.69 Å². The number of carbonyl (C=O) groups excluding carboxylic acids is 2. The molecule has 0 saturated carbocycles. The zero-order chi connectivity index (χ0) is 18.0. The first kappa shape index (κ1) is 18.1. The average molecular weight is 382 g/mol. The van der Waals surface area contributed by atoms with Crippen molar-refractivity contribution < 1.29 is 18.9 Å². The largest absolute Gasteiger partial charge is 0.511 e. The van der Waals surface area contributed by atoms with Crippen LogP contribution in [0.1, 0.15) is 48.9 Å². The molecule has 1 fully saturated rings. The molecule has 3 rings (SSSR count). The molecule has 134 valence electrons. The number of ketones is 2. The van der Waals surface area contributed by atoms with Gasteiger partial charge in [-0.05, 0) is 31.4 Å². The maximum Gasteiger partial charge on any atom is 0.201 e. The first-order chi connectivity index (χ1) is 11.9. The van der Waals surface area contributed by atoms with Crippen LogP contribution < -0.4 is 0 Å². The topological polar surface area (TPSA) is 83.8 Å². The van der Waals surface area contributed by atoms with Crippen LogP contribution in [-0.2, 0) is 14.5 Å². The second kappa shape index (κ2) is 7.30. The van der Waals surface area contributed by atoms with Crippen LogP contribution in [0.3, 0.4) is 0 Å². The van der Waals surface area contributed by atoms with Crippen molar-refractivity contribution in [1.82, 2.24) is 0 Å². The van der Waals surface area contributed by atoms with Gasteiger partial charge in [-0.2, -0.15) is 4.36 Å². The van der Waals surface area contributed by atoms with Crippen LogP contribution in [0.5, 0.6) is 0 Å². The fourth-order valence-corrected chi connectivity index (χ4v) is 5.70. The molecule has 1 N–H and O–H groups in total. The van der Waals surface area contributed by atoms with Gasteiger partial charge in [0.2, 0.25) is 5.78 Å². The number of hydrogen-bond donors (Lipinski definition) is 1. The van der Waals surface area contributed by atoms with Crippen molar-refractivity contribution in [2.24, 2.45) is 4.36 Å². The van der Waals surface area contributed by atoms with Gasteiger partial charge in [-0.3, -0.25) is 9.59 Å². The normalized spacial score (nSPS) is 20.4. The maximum atomic E-state index is 12.8. The summed E-state index contributed by atoms with van der Waals surface area (Å²) in [5.41, 5.74) is 0.230. The van der Waals surface area contributed by atoms with Gasteiger partial charge >= 0.3 is 0 Å². The summed E-state index contributed by atoms with van der Waals surface area (Å²) < 4.78 is 17.2. The highest BCUT2D eigenvalue weighted by Crippen LogP contribution is 2.33. The summed E-state index contributed by atoms with van der Waals surface area (Å²) in [6.45, 7) is 0. The number of carbonyl (C=O) groups is 2. The highest BCUT2D eigenvalue weighted by atomic mass is 35.5. The third-order valence-electron chi connectivity index (χ3n) is 4.53. The molecule has 1 aromatic rings. The highest BCUT2D eigenvalue weighted by Gasteiger charge is 2.29. The van der Waals surface area contributed by atoms with E-state index >= 15 is 0 Å². The molecule has 25 heavy (non-hydrogen) atoms. The van der Waals surface area contributed by atoms with Crippen molar-refractivity contribution >= 4 is 38.6 Å². The van der Waals surface area contributed by atoms with E-state index in [2.05, 4.69) is 4.36 Å². The lowest BCUT2D eigenvalue weighted by Gasteiger charge is -2.17. The Kier molecular flexibility index (Phi) is 5.29. The molecular weight excluding hydrogens is 362 g/mol. The van der Waals surface area contributed by atoms with Crippen LogP contribution in [0.2, 0.25) is 5.02 Å². The van der Waals surface area contributed by atoms with E-state index in [1.165, 1.54) is 6.07 Å². The van der Waals surface area contributed by atoms with E-state index in [1.807, 2.05) is 0 Å². The zero-order valence-electron chi connectivity index (χ0n) is 13.8. The molecule has 2 aliphatic rings. The number of hydrogen-bond acceptors (Lipinski definition) is 5. The lowest BCUT2D eigenvalue weighted by Crippen LogP contribution is -2.20. The van der Waals surface area contributed by atoms with E-state index in [0.29, 0.717) is 30.0 Å². The van der Waals surface area contributed by atoms with Gasteiger partial charge in [0.05, 0.1) is 20.4 Å². The van der Waals surface area contributed by atoms with E-state index in [9.17, 15) is 18.9 Å². The number of allylic oxidation sites excluding steroid dienone is 2. The van der Waals surface area contributed by atoms with Crippen molar-refractivity contribution in [2.45, 2.75) is 38.5 Å². The molecule has 0 bridgehead atoms. The van der Waals surface area contributed by atoms with Crippen molar-refractivity contribution in [1.29, 1.82) is 0 Å². The molecule has 0 spiro atoms. The number of aliphatic hydroxyl groups excluding tert-OH is 1. The van der Waals surface area contributed by atoms with E-state index in [-0.39, 0.29) is 34.1 Å².